The number of nitrogens with one attached hydrogen (secondary N) is 1. The Hall–Kier alpha value is -1.88. The molecule has 1 aromatic heterocycles. The standard InChI is InChI=1S/C15H22N4O/c1-15(2,3)17-9-14-16-11-19(18-14)10-12-7-5-6-8-13(12)20-4/h5-8,11,17H,9-10H2,1-4H3. The molecule has 0 saturated heterocycles. The number of methoxy groups -OCH3 is 1. The lowest BCUT2D eigenvalue weighted by atomic mass is 10.1. The van der Waals surface area contributed by atoms with Crippen LogP contribution in [0.2, 0.25) is 0 Å². The maximum atomic E-state index is 5.34. The van der Waals surface area contributed by atoms with Crippen molar-refractivity contribution in [1.29, 1.82) is 0 Å². The first-order chi connectivity index (χ1) is 9.48. The number of nitrogens with zero attached hydrogens (tertiary/aromatic N) is 3. The molecule has 20 heavy (non-hydrogen) atoms. The molecule has 1 aromatic carbocycles. The second-order valence-electron chi connectivity index (χ2n) is 5.77. The summed E-state index contributed by atoms with van der Waals surface area (Å²) in [7, 11) is 1.68. The van der Waals surface area contributed by atoms with E-state index in [1.54, 1.807) is 13.4 Å². The smallest absolute Gasteiger partial charge is 0.164 e. The topological polar surface area (TPSA) is 52.0 Å². The third-order valence-corrected chi connectivity index (χ3v) is 2.89. The number of aromatic nitrogens is 3. The fourth-order valence-corrected chi connectivity index (χ4v) is 1.84. The van der Waals surface area contributed by atoms with Crippen molar-refractivity contribution in [2.24, 2.45) is 0 Å². The molecule has 0 spiro atoms. The van der Waals surface area contributed by atoms with E-state index in [-0.39, 0.29) is 5.54 Å². The summed E-state index contributed by atoms with van der Waals surface area (Å²) in [5.41, 5.74) is 1.16. The molecule has 0 bridgehead atoms. The van der Waals surface area contributed by atoms with Gasteiger partial charge in [-0.05, 0) is 26.8 Å². The number of hydrogen-bond donors (Lipinski definition) is 1. The van der Waals surface area contributed by atoms with Crippen LogP contribution in [0.15, 0.2) is 30.6 Å². The van der Waals surface area contributed by atoms with Gasteiger partial charge in [-0.2, -0.15) is 5.10 Å². The molecule has 1 heterocycles. The molecule has 2 rings (SSSR count). The maximum Gasteiger partial charge on any atom is 0.164 e. The van der Waals surface area contributed by atoms with Gasteiger partial charge in [-0.15, -0.1) is 0 Å². The summed E-state index contributed by atoms with van der Waals surface area (Å²) in [4.78, 5) is 4.32. The highest BCUT2D eigenvalue weighted by Crippen LogP contribution is 2.17. The maximum absolute atomic E-state index is 5.34. The van der Waals surface area contributed by atoms with Crippen LogP contribution in [-0.4, -0.2) is 27.4 Å². The second kappa shape index (κ2) is 6.05. The van der Waals surface area contributed by atoms with Gasteiger partial charge in [-0.25, -0.2) is 9.67 Å². The molecule has 1 N–H and O–H groups in total. The molecule has 0 amide bonds. The van der Waals surface area contributed by atoms with E-state index >= 15 is 0 Å². The zero-order chi connectivity index (χ0) is 14.6. The van der Waals surface area contributed by atoms with Gasteiger partial charge in [0.05, 0.1) is 20.2 Å². The summed E-state index contributed by atoms with van der Waals surface area (Å²) in [5, 5.41) is 7.85. The molecule has 0 aliphatic rings. The molecule has 5 nitrogen and oxygen atoms in total. The molecule has 0 radical (unpaired) electrons. The third-order valence-electron chi connectivity index (χ3n) is 2.89. The van der Waals surface area contributed by atoms with Crippen LogP contribution in [0.1, 0.15) is 32.2 Å². The molecule has 0 aliphatic carbocycles. The highest BCUT2D eigenvalue weighted by atomic mass is 16.5. The lowest BCUT2D eigenvalue weighted by Gasteiger charge is -2.19. The average molecular weight is 274 g/mol. The normalized spacial score (nSPS) is 11.6. The predicted molar refractivity (Wildman–Crippen MR) is 78.7 cm³/mol. The first-order valence-corrected chi connectivity index (χ1v) is 6.73. The molecule has 2 aromatic rings. The van der Waals surface area contributed by atoms with Crippen LogP contribution in [0.25, 0.3) is 0 Å². The Balaban J connectivity index is 2.02. The Bertz CT molecular complexity index is 557. The van der Waals surface area contributed by atoms with Gasteiger partial charge in [-0.1, -0.05) is 18.2 Å². The minimum Gasteiger partial charge on any atom is -0.496 e. The lowest BCUT2D eigenvalue weighted by Crippen LogP contribution is -2.35. The summed E-state index contributed by atoms with van der Waals surface area (Å²) in [6.45, 7) is 7.70. The molecule has 0 saturated carbocycles. The van der Waals surface area contributed by atoms with Gasteiger partial charge in [0.2, 0.25) is 0 Å². The number of rotatable bonds is 5. The number of hydrogen-bond acceptors (Lipinski definition) is 4. The van der Waals surface area contributed by atoms with Crippen LogP contribution in [0, 0.1) is 0 Å². The van der Waals surface area contributed by atoms with Gasteiger partial charge in [-0.3, -0.25) is 0 Å². The van der Waals surface area contributed by atoms with Crippen molar-refractivity contribution in [2.75, 3.05) is 7.11 Å². The van der Waals surface area contributed by atoms with Crippen LogP contribution in [-0.2, 0) is 13.1 Å². The van der Waals surface area contributed by atoms with Gasteiger partial charge in [0.25, 0.3) is 0 Å². The van der Waals surface area contributed by atoms with Crippen molar-refractivity contribution in [3.63, 3.8) is 0 Å². The molecule has 0 unspecified atom stereocenters. The van der Waals surface area contributed by atoms with Crippen molar-refractivity contribution < 1.29 is 4.74 Å². The summed E-state index contributed by atoms with van der Waals surface area (Å²) < 4.78 is 7.17. The van der Waals surface area contributed by atoms with Crippen LogP contribution < -0.4 is 10.1 Å². The minimum absolute atomic E-state index is 0.0636. The SMILES string of the molecule is COc1ccccc1Cn1cnc(CNC(C)(C)C)n1. The number of para-hydroxylation sites is 1. The molecule has 108 valence electrons. The number of benzene rings is 1. The monoisotopic (exact) mass is 274 g/mol. The zero-order valence-electron chi connectivity index (χ0n) is 12.6. The Labute approximate surface area is 120 Å². The Morgan fingerprint density at radius 2 is 2.00 bits per heavy atom. The molecular formula is C15H22N4O. The van der Waals surface area contributed by atoms with Crippen LogP contribution >= 0.6 is 0 Å². The van der Waals surface area contributed by atoms with Gasteiger partial charge < -0.3 is 10.1 Å². The lowest BCUT2D eigenvalue weighted by molar-refractivity contribution is 0.406. The quantitative estimate of drug-likeness (QED) is 0.908. The Kier molecular flexibility index (Phi) is 4.39. The third kappa shape index (κ3) is 4.06. The zero-order valence-corrected chi connectivity index (χ0v) is 12.6. The van der Waals surface area contributed by atoms with Gasteiger partial charge in [0.1, 0.15) is 12.1 Å². The van der Waals surface area contributed by atoms with Gasteiger partial charge in [0, 0.05) is 11.1 Å². The largest absolute Gasteiger partial charge is 0.496 e. The molecular weight excluding hydrogens is 252 g/mol. The van der Waals surface area contributed by atoms with E-state index in [0.717, 1.165) is 17.1 Å². The summed E-state index contributed by atoms with van der Waals surface area (Å²) in [6.07, 6.45) is 1.76. The van der Waals surface area contributed by atoms with Crippen molar-refractivity contribution in [3.05, 3.63) is 42.0 Å². The molecule has 0 aliphatic heterocycles. The van der Waals surface area contributed by atoms with Crippen LogP contribution in [0.4, 0.5) is 0 Å². The molecule has 0 fully saturated rings. The average Bonchev–Trinajstić information content (AvgIpc) is 2.84. The highest BCUT2D eigenvalue weighted by molar-refractivity contribution is 5.33. The van der Waals surface area contributed by atoms with E-state index in [1.807, 2.05) is 28.9 Å². The molecule has 0 atom stereocenters. The Morgan fingerprint density at radius 1 is 1.25 bits per heavy atom. The first kappa shape index (κ1) is 14.5. The van der Waals surface area contributed by atoms with E-state index in [0.29, 0.717) is 13.1 Å². The number of ether oxygens (including phenoxy) is 1. The van der Waals surface area contributed by atoms with Crippen molar-refractivity contribution in [3.8, 4) is 5.75 Å². The fourth-order valence-electron chi connectivity index (χ4n) is 1.84. The van der Waals surface area contributed by atoms with Crippen molar-refractivity contribution >= 4 is 0 Å². The van der Waals surface area contributed by atoms with E-state index in [4.69, 9.17) is 4.74 Å². The van der Waals surface area contributed by atoms with Crippen molar-refractivity contribution in [2.45, 2.75) is 39.4 Å². The molecule has 5 heteroatoms. The summed E-state index contributed by atoms with van der Waals surface area (Å²) >= 11 is 0. The van der Waals surface area contributed by atoms with Gasteiger partial charge in [0.15, 0.2) is 5.82 Å². The Morgan fingerprint density at radius 3 is 2.70 bits per heavy atom. The first-order valence-electron chi connectivity index (χ1n) is 6.73. The van der Waals surface area contributed by atoms with E-state index in [2.05, 4.69) is 36.2 Å². The minimum atomic E-state index is 0.0636. The second-order valence-corrected chi connectivity index (χ2v) is 5.77. The van der Waals surface area contributed by atoms with E-state index in [9.17, 15) is 0 Å². The predicted octanol–water partition coefficient (Wildman–Crippen LogP) is 2.22. The van der Waals surface area contributed by atoms with Crippen LogP contribution in [0.3, 0.4) is 0 Å². The van der Waals surface area contributed by atoms with E-state index < -0.39 is 0 Å². The summed E-state index contributed by atoms with van der Waals surface area (Å²) in [5.74, 6) is 1.67. The van der Waals surface area contributed by atoms with Gasteiger partial charge >= 0.3 is 0 Å². The van der Waals surface area contributed by atoms with Crippen LogP contribution in [0.5, 0.6) is 5.75 Å². The van der Waals surface area contributed by atoms with Crippen molar-refractivity contribution in [1.82, 2.24) is 20.1 Å². The highest BCUT2D eigenvalue weighted by Gasteiger charge is 2.11. The summed E-state index contributed by atoms with van der Waals surface area (Å²) in [6, 6.07) is 7.95. The van der Waals surface area contributed by atoms with E-state index in [1.165, 1.54) is 0 Å². The fraction of sp³-hybridized carbons (Fsp3) is 0.467.